The number of nitrogens with one attached hydrogen (secondary N) is 1. The highest BCUT2D eigenvalue weighted by atomic mass is 16.2. The minimum absolute atomic E-state index is 0.0857. The number of aryl methyl sites for hydroxylation is 3. The zero-order valence-corrected chi connectivity index (χ0v) is 15.0. The van der Waals surface area contributed by atoms with E-state index in [2.05, 4.69) is 4.98 Å². The van der Waals surface area contributed by atoms with E-state index >= 15 is 0 Å². The summed E-state index contributed by atoms with van der Waals surface area (Å²) < 4.78 is 0. The van der Waals surface area contributed by atoms with Crippen LogP contribution in [0.1, 0.15) is 29.2 Å². The normalized spacial score (nSPS) is 10.9. The second kappa shape index (κ2) is 6.55. The summed E-state index contributed by atoms with van der Waals surface area (Å²) in [5, 5.41) is 0.971. The second-order valence-electron chi connectivity index (χ2n) is 6.61. The molecule has 1 aromatic heterocycles. The Morgan fingerprint density at radius 1 is 1.00 bits per heavy atom. The minimum Gasteiger partial charge on any atom is -0.322 e. The first kappa shape index (κ1) is 17.0. The van der Waals surface area contributed by atoms with Gasteiger partial charge in [-0.3, -0.25) is 9.59 Å². The highest BCUT2D eigenvalue weighted by Crippen LogP contribution is 2.24. The molecule has 4 heteroatoms. The van der Waals surface area contributed by atoms with E-state index in [-0.39, 0.29) is 18.0 Å². The lowest BCUT2D eigenvalue weighted by molar-refractivity contribution is -0.116. The fourth-order valence-corrected chi connectivity index (χ4v) is 3.04. The molecule has 0 aliphatic carbocycles. The average Bonchev–Trinajstić information content (AvgIpc) is 2.55. The number of pyridine rings is 1. The minimum atomic E-state index is -0.159. The lowest BCUT2D eigenvalue weighted by Gasteiger charge is -2.23. The average molecular weight is 334 g/mol. The Labute approximate surface area is 147 Å². The third-order valence-electron chi connectivity index (χ3n) is 4.44. The van der Waals surface area contributed by atoms with Gasteiger partial charge in [-0.2, -0.15) is 0 Å². The van der Waals surface area contributed by atoms with Crippen LogP contribution in [0.25, 0.3) is 10.9 Å². The zero-order chi connectivity index (χ0) is 18.1. The molecule has 1 N–H and O–H groups in total. The van der Waals surface area contributed by atoms with E-state index in [0.29, 0.717) is 5.56 Å². The van der Waals surface area contributed by atoms with Gasteiger partial charge in [-0.15, -0.1) is 0 Å². The lowest BCUT2D eigenvalue weighted by Crippen LogP contribution is -2.31. The SMILES string of the molecule is CC(=O)N(Cc1cc2cc(C)ccc2[nH]c1=O)c1cc(C)ccc1C. The van der Waals surface area contributed by atoms with Crippen LogP contribution in [0.3, 0.4) is 0 Å². The van der Waals surface area contributed by atoms with Crippen molar-refractivity contribution in [2.24, 2.45) is 0 Å². The highest BCUT2D eigenvalue weighted by Gasteiger charge is 2.16. The van der Waals surface area contributed by atoms with E-state index in [1.54, 1.807) is 4.90 Å². The van der Waals surface area contributed by atoms with Gasteiger partial charge in [0.25, 0.3) is 5.56 Å². The summed E-state index contributed by atoms with van der Waals surface area (Å²) in [6, 6.07) is 13.8. The molecule has 128 valence electrons. The number of amides is 1. The predicted octanol–water partition coefficient (Wildman–Crippen LogP) is 4.01. The van der Waals surface area contributed by atoms with Crippen LogP contribution < -0.4 is 10.5 Å². The number of hydrogen-bond donors (Lipinski definition) is 1. The molecule has 0 atom stereocenters. The molecule has 1 heterocycles. The third kappa shape index (κ3) is 3.48. The maximum absolute atomic E-state index is 12.5. The number of carbonyl (C=O) groups excluding carboxylic acids is 1. The molecule has 1 amide bonds. The van der Waals surface area contributed by atoms with Gasteiger partial charge in [-0.1, -0.05) is 23.8 Å². The van der Waals surface area contributed by atoms with E-state index in [9.17, 15) is 9.59 Å². The van der Waals surface area contributed by atoms with Crippen molar-refractivity contribution in [3.63, 3.8) is 0 Å². The summed E-state index contributed by atoms with van der Waals surface area (Å²) >= 11 is 0. The summed E-state index contributed by atoms with van der Waals surface area (Å²) in [7, 11) is 0. The number of nitrogens with zero attached hydrogens (tertiary/aromatic N) is 1. The molecule has 25 heavy (non-hydrogen) atoms. The summed E-state index contributed by atoms with van der Waals surface area (Å²) in [6.07, 6.45) is 0. The van der Waals surface area contributed by atoms with Crippen molar-refractivity contribution in [3.8, 4) is 0 Å². The Morgan fingerprint density at radius 2 is 1.68 bits per heavy atom. The third-order valence-corrected chi connectivity index (χ3v) is 4.44. The van der Waals surface area contributed by atoms with Gasteiger partial charge in [0.2, 0.25) is 5.91 Å². The summed E-state index contributed by atoms with van der Waals surface area (Å²) in [5.41, 5.74) is 5.28. The van der Waals surface area contributed by atoms with E-state index in [1.807, 2.05) is 63.2 Å². The molecule has 2 aromatic carbocycles. The van der Waals surface area contributed by atoms with Crippen molar-refractivity contribution in [2.75, 3.05) is 4.90 Å². The Balaban J connectivity index is 2.07. The van der Waals surface area contributed by atoms with Crippen LogP contribution in [0.2, 0.25) is 0 Å². The monoisotopic (exact) mass is 334 g/mol. The number of hydrogen-bond acceptors (Lipinski definition) is 2. The fourth-order valence-electron chi connectivity index (χ4n) is 3.04. The predicted molar refractivity (Wildman–Crippen MR) is 102 cm³/mol. The maximum Gasteiger partial charge on any atom is 0.253 e. The van der Waals surface area contributed by atoms with E-state index in [4.69, 9.17) is 0 Å². The van der Waals surface area contributed by atoms with Gasteiger partial charge in [0, 0.05) is 23.7 Å². The molecule has 0 bridgehead atoms. The zero-order valence-electron chi connectivity index (χ0n) is 15.0. The number of H-pyrrole nitrogens is 1. The van der Waals surface area contributed by atoms with Gasteiger partial charge in [0.15, 0.2) is 0 Å². The molecule has 0 aliphatic rings. The summed E-state index contributed by atoms with van der Waals surface area (Å²) in [6.45, 7) is 7.76. The van der Waals surface area contributed by atoms with Gasteiger partial charge in [-0.05, 0) is 61.5 Å². The van der Waals surface area contributed by atoms with Gasteiger partial charge >= 0.3 is 0 Å². The molecule has 0 fully saturated rings. The molecule has 3 rings (SSSR count). The Bertz CT molecular complexity index is 1020. The fraction of sp³-hybridized carbons (Fsp3) is 0.238. The number of aromatic amines is 1. The van der Waals surface area contributed by atoms with Crippen molar-refractivity contribution in [1.29, 1.82) is 0 Å². The number of benzene rings is 2. The Hall–Kier alpha value is -2.88. The first-order valence-corrected chi connectivity index (χ1v) is 8.33. The van der Waals surface area contributed by atoms with Crippen molar-refractivity contribution in [3.05, 3.63) is 75.1 Å². The summed E-state index contributed by atoms with van der Waals surface area (Å²) in [5.74, 6) is -0.0857. The molecular formula is C21H22N2O2. The van der Waals surface area contributed by atoms with Crippen molar-refractivity contribution >= 4 is 22.5 Å². The van der Waals surface area contributed by atoms with Gasteiger partial charge < -0.3 is 9.88 Å². The smallest absolute Gasteiger partial charge is 0.253 e. The van der Waals surface area contributed by atoms with E-state index in [0.717, 1.165) is 33.3 Å². The van der Waals surface area contributed by atoms with Crippen molar-refractivity contribution in [2.45, 2.75) is 34.2 Å². The maximum atomic E-state index is 12.5. The van der Waals surface area contributed by atoms with Crippen LogP contribution in [0, 0.1) is 20.8 Å². The largest absolute Gasteiger partial charge is 0.322 e. The summed E-state index contributed by atoms with van der Waals surface area (Å²) in [4.78, 5) is 29.3. The molecule has 0 unspecified atom stereocenters. The molecule has 4 nitrogen and oxygen atoms in total. The van der Waals surface area contributed by atoms with Gasteiger partial charge in [-0.25, -0.2) is 0 Å². The standard InChI is InChI=1S/C21H22N2O2/c1-13-6-8-19-17(9-13)11-18(21(25)22-19)12-23(16(4)24)20-10-14(2)5-7-15(20)3/h5-11H,12H2,1-4H3,(H,22,25). The van der Waals surface area contributed by atoms with Crippen LogP contribution in [0.5, 0.6) is 0 Å². The molecule has 3 aromatic rings. The number of fused-ring (bicyclic) bond motifs is 1. The van der Waals surface area contributed by atoms with Gasteiger partial charge in [0.05, 0.1) is 6.54 Å². The van der Waals surface area contributed by atoms with Crippen molar-refractivity contribution in [1.82, 2.24) is 4.98 Å². The van der Waals surface area contributed by atoms with Crippen LogP contribution >= 0.6 is 0 Å². The second-order valence-corrected chi connectivity index (χ2v) is 6.61. The molecule has 0 saturated carbocycles. The Kier molecular flexibility index (Phi) is 4.45. The van der Waals surface area contributed by atoms with Crippen LogP contribution in [0.15, 0.2) is 47.3 Å². The lowest BCUT2D eigenvalue weighted by atomic mass is 10.1. The number of aromatic nitrogens is 1. The van der Waals surface area contributed by atoms with Crippen LogP contribution in [0.4, 0.5) is 5.69 Å². The first-order valence-electron chi connectivity index (χ1n) is 8.33. The Morgan fingerprint density at radius 3 is 2.40 bits per heavy atom. The van der Waals surface area contributed by atoms with Crippen LogP contribution in [-0.4, -0.2) is 10.9 Å². The molecular weight excluding hydrogens is 312 g/mol. The number of anilines is 1. The molecule has 0 saturated heterocycles. The molecule has 0 spiro atoms. The number of rotatable bonds is 3. The van der Waals surface area contributed by atoms with Crippen molar-refractivity contribution < 1.29 is 4.79 Å². The van der Waals surface area contributed by atoms with E-state index in [1.165, 1.54) is 6.92 Å². The number of carbonyl (C=O) groups is 1. The van der Waals surface area contributed by atoms with E-state index < -0.39 is 0 Å². The molecule has 0 aliphatic heterocycles. The highest BCUT2D eigenvalue weighted by molar-refractivity contribution is 5.92. The topological polar surface area (TPSA) is 53.2 Å². The molecule has 0 radical (unpaired) electrons. The van der Waals surface area contributed by atoms with Crippen LogP contribution in [-0.2, 0) is 11.3 Å². The quantitative estimate of drug-likeness (QED) is 0.787. The first-order chi connectivity index (χ1) is 11.8. The van der Waals surface area contributed by atoms with Gasteiger partial charge in [0.1, 0.15) is 0 Å².